The largest absolute Gasteiger partial charge is 1.00 e. The topological polar surface area (TPSA) is 338 Å². The summed E-state index contributed by atoms with van der Waals surface area (Å²) in [5, 5.41) is 39.0. The Morgan fingerprint density at radius 1 is 0.651 bits per heavy atom. The van der Waals surface area contributed by atoms with Gasteiger partial charge in [0.2, 0.25) is 9.23 Å². The second kappa shape index (κ2) is 39.7. The quantitative estimate of drug-likeness (QED) is 0.0408. The number of carboxylic acid groups (broad SMARTS) is 2. The number of halogens is 5. The summed E-state index contributed by atoms with van der Waals surface area (Å²) in [5.41, 5.74) is 12.8. The van der Waals surface area contributed by atoms with Crippen LogP contribution in [0.25, 0.3) is 33.1 Å². The van der Waals surface area contributed by atoms with Crippen LogP contribution in [0.2, 0.25) is 0 Å². The summed E-state index contributed by atoms with van der Waals surface area (Å²) >= 11 is 0. The molecule has 3 atom stereocenters. The third kappa shape index (κ3) is 26.2. The third-order valence-electron chi connectivity index (χ3n) is 11.6. The molecule has 3 radical (unpaired) electrons. The monoisotopic (exact) mass is 1240 g/mol. The number of nitrogens with zero attached hydrogens (tertiary/aromatic N) is 3. The van der Waals surface area contributed by atoms with Gasteiger partial charge in [0.1, 0.15) is 29.5 Å². The molecule has 11 N–H and O–H groups in total. The number of aromatic amines is 3. The molecule has 29 heteroatoms. The number of nitrogens with two attached hydrogens (primary N) is 1. The van der Waals surface area contributed by atoms with E-state index in [1.54, 1.807) is 85.2 Å². The predicted molar refractivity (Wildman–Crippen MR) is 318 cm³/mol. The molecule has 0 saturated carbocycles. The number of H-pyrrole nitrogens is 3. The van der Waals surface area contributed by atoms with Gasteiger partial charge in [0.15, 0.2) is 0 Å². The number of carbonyl (C=O) groups is 5. The van der Waals surface area contributed by atoms with E-state index in [1.807, 2.05) is 0 Å². The number of nitrogens with one attached hydrogen (secondary N) is 5. The zero-order valence-corrected chi connectivity index (χ0v) is 48.9. The van der Waals surface area contributed by atoms with Crippen molar-refractivity contribution < 1.29 is 91.5 Å². The van der Waals surface area contributed by atoms with Crippen molar-refractivity contribution in [1.29, 1.82) is 0 Å². The Bertz CT molecular complexity index is 3580. The molecule has 1 fully saturated rings. The number of fused-ring (bicyclic) bond motifs is 3. The molecule has 6 aromatic carbocycles. The summed E-state index contributed by atoms with van der Waals surface area (Å²) in [6.07, 6.45) is 7.82. The van der Waals surface area contributed by atoms with Gasteiger partial charge in [-0.1, -0.05) is 36.4 Å². The summed E-state index contributed by atoms with van der Waals surface area (Å²) < 4.78 is 57.9. The number of esters is 1. The van der Waals surface area contributed by atoms with Gasteiger partial charge in [-0.25, -0.2) is 41.9 Å². The Morgan fingerprint density at radius 2 is 1.03 bits per heavy atom. The van der Waals surface area contributed by atoms with Gasteiger partial charge in [-0.2, -0.15) is 0 Å². The molecule has 1 aliphatic rings. The van der Waals surface area contributed by atoms with Gasteiger partial charge in [-0.3, -0.25) is 14.4 Å². The molecule has 21 nitrogen and oxygen atoms in total. The standard InChI is InChI=1S/C18H16FN3O3.C17H16FN3O2.C9H10FNO2.C8H6N2O2.C4H8O.CH4O.B.Cl2OS.Li.H/c1-25-18(24)16(8-11-3-2-4-13(19)7-11)22-17(23)12-5-6-14-15(9-12)21-10-20-14;18-13-3-1-2-11(6-13)7-14(9-22)21-17(23)12-4-5-15-16(8-12)20-10-19-15;10-7-3-1-2-6(4-7)5-8(11)9(12)13;11-8(12)5-1-2-6-7(3-5)10-4-9-6;1-2-4-5-3-1;1-2;;1-4(2)3;;/h2-7,9-10,16H,8H2,1H3,(H,20,21)(H,22,23);1-6,8,10,14,22H,7,9H2,(H,19,20)(H,21,23);1-4,8H,5,11H2,(H,12,13);1-4H,(H,9,10)(H,11,12);1-4H2;2H,1H3;;;;/q;;;;;;;;+1;-1/t16-;14-;8-;;;;;;;/m111......./s1. The van der Waals surface area contributed by atoms with E-state index in [2.05, 4.69) is 61.9 Å². The van der Waals surface area contributed by atoms with Crippen molar-refractivity contribution in [2.24, 2.45) is 5.73 Å². The maximum absolute atomic E-state index is 13.3. The molecule has 4 heterocycles. The molecule has 10 rings (SSSR count). The molecular weight excluding hydrogens is 1180 g/mol. The van der Waals surface area contributed by atoms with Crippen LogP contribution in [-0.2, 0) is 47.6 Å². The molecule has 9 aromatic rings. The number of benzene rings is 6. The van der Waals surface area contributed by atoms with Gasteiger partial charge in [0.05, 0.1) is 77.4 Å². The molecule has 2 amide bonds. The van der Waals surface area contributed by atoms with Crippen molar-refractivity contribution >= 4 is 102 Å². The van der Waals surface area contributed by atoms with Crippen LogP contribution in [0.15, 0.2) is 146 Å². The second-order valence-electron chi connectivity index (χ2n) is 17.6. The summed E-state index contributed by atoms with van der Waals surface area (Å²) in [7, 11) is 9.60. The van der Waals surface area contributed by atoms with E-state index >= 15 is 0 Å². The minimum atomic E-state index is -1.67. The molecule has 3 aromatic heterocycles. The SMILES string of the molecule is C1CCOC1.CO.COC(=O)[C@@H](Cc1cccc(F)c1)NC(=O)c1ccc2nc[nH]c2c1.N[C@H](Cc1cccc(F)c1)C(=O)O.O=C(N[C@@H](CO)Cc1cccc(F)c1)c1ccc2nc[nH]c2c1.O=C(O)c1ccc2nc[nH]c2c1.O=S(Cl)Cl.[B].[H-].[Li+]. The van der Waals surface area contributed by atoms with E-state index in [0.717, 1.165) is 47.9 Å². The van der Waals surface area contributed by atoms with E-state index in [0.29, 0.717) is 39.8 Å². The zero-order chi connectivity index (χ0) is 61.6. The number of amides is 2. The summed E-state index contributed by atoms with van der Waals surface area (Å²) in [6, 6.07) is 30.2. The summed E-state index contributed by atoms with van der Waals surface area (Å²) in [6.45, 7) is 1.77. The molecular formula is C57H61BCl2F3LiN9O12S. The minimum Gasteiger partial charge on any atom is -1.00 e. The zero-order valence-electron chi connectivity index (χ0n) is 47.6. The van der Waals surface area contributed by atoms with Gasteiger partial charge in [-0.15, -0.1) is 0 Å². The number of aromatic nitrogens is 6. The Hall–Kier alpha value is -7.90. The molecule has 451 valence electrons. The minimum absolute atomic E-state index is 0. The number of imidazole rings is 3. The molecule has 0 aliphatic carbocycles. The fourth-order valence-corrected chi connectivity index (χ4v) is 7.59. The van der Waals surface area contributed by atoms with Crippen molar-refractivity contribution in [3.8, 4) is 0 Å². The summed E-state index contributed by atoms with van der Waals surface area (Å²) in [4.78, 5) is 78.5. The number of aliphatic hydroxyl groups excluding tert-OH is 2. The molecule has 86 heavy (non-hydrogen) atoms. The number of ether oxygens (including phenoxy) is 2. The molecule has 1 saturated heterocycles. The Labute approximate surface area is 518 Å². The van der Waals surface area contributed by atoms with Gasteiger partial charge < -0.3 is 62.6 Å². The number of rotatable bonds is 14. The van der Waals surface area contributed by atoms with Gasteiger partial charge in [0.25, 0.3) is 11.8 Å². The summed E-state index contributed by atoms with van der Waals surface area (Å²) in [5.74, 6) is -4.45. The molecule has 1 aliphatic heterocycles. The molecule has 0 bridgehead atoms. The number of methoxy groups -OCH3 is 1. The first-order chi connectivity index (χ1) is 40.3. The Morgan fingerprint density at radius 3 is 1.40 bits per heavy atom. The first kappa shape index (κ1) is 74.2. The predicted octanol–water partition coefficient (Wildman–Crippen LogP) is 4.48. The first-order valence-corrected chi connectivity index (χ1v) is 27.9. The normalized spacial score (nSPS) is 11.9. The van der Waals surface area contributed by atoms with Crippen LogP contribution >= 0.6 is 21.4 Å². The van der Waals surface area contributed by atoms with Crippen LogP contribution in [0.3, 0.4) is 0 Å². The van der Waals surface area contributed by atoms with Gasteiger partial charge in [0, 0.05) is 67.6 Å². The van der Waals surface area contributed by atoms with E-state index in [-0.39, 0.29) is 71.3 Å². The van der Waals surface area contributed by atoms with Gasteiger partial charge >= 0.3 is 36.8 Å². The number of carbonyl (C=O) groups excluding carboxylic acids is 3. The average Bonchev–Trinajstić information content (AvgIpc) is 4.52. The van der Waals surface area contributed by atoms with Crippen LogP contribution in [0.4, 0.5) is 13.2 Å². The number of carboxylic acids is 2. The van der Waals surface area contributed by atoms with Crippen molar-refractivity contribution in [3.63, 3.8) is 0 Å². The van der Waals surface area contributed by atoms with Crippen LogP contribution in [-0.4, -0.2) is 145 Å². The number of aromatic carboxylic acids is 1. The van der Waals surface area contributed by atoms with E-state index < -0.39 is 57.0 Å². The average molecular weight is 1240 g/mol. The Kier molecular flexibility index (Phi) is 34.2. The fourth-order valence-electron chi connectivity index (χ4n) is 7.59. The van der Waals surface area contributed by atoms with E-state index in [9.17, 15) is 42.3 Å². The number of hydrogen-bond donors (Lipinski definition) is 10. The van der Waals surface area contributed by atoms with Crippen molar-refractivity contribution in [2.75, 3.05) is 34.0 Å². The smallest absolute Gasteiger partial charge is 1.00 e. The van der Waals surface area contributed by atoms with Crippen molar-refractivity contribution in [3.05, 3.63) is 197 Å². The van der Waals surface area contributed by atoms with Crippen molar-refractivity contribution in [2.45, 2.75) is 50.2 Å². The van der Waals surface area contributed by atoms with Gasteiger partial charge in [-0.05, 0) is 133 Å². The van der Waals surface area contributed by atoms with Crippen LogP contribution in [0.5, 0.6) is 0 Å². The number of hydrogen-bond acceptors (Lipinski definition) is 14. The maximum Gasteiger partial charge on any atom is 1.00 e. The third-order valence-corrected chi connectivity index (χ3v) is 11.6. The van der Waals surface area contributed by atoms with Crippen LogP contribution in [0, 0.1) is 17.5 Å². The maximum atomic E-state index is 13.3. The number of aliphatic hydroxyl groups is 2. The first-order valence-electron chi connectivity index (χ1n) is 25.1. The fraction of sp³-hybridized carbons (Fsp3) is 0.228. The molecule has 0 spiro atoms. The van der Waals surface area contributed by atoms with Crippen LogP contribution < -0.4 is 35.2 Å². The molecule has 0 unspecified atom stereocenters. The second-order valence-corrected chi connectivity index (χ2v) is 20.1. The van der Waals surface area contributed by atoms with Crippen LogP contribution in [0.1, 0.15) is 62.0 Å². The Balaban J connectivity index is 0.000000559. The van der Waals surface area contributed by atoms with Crippen molar-refractivity contribution in [1.82, 2.24) is 40.5 Å². The van der Waals surface area contributed by atoms with E-state index in [1.165, 1.54) is 81.1 Å². The van der Waals surface area contributed by atoms with E-state index in [4.69, 9.17) is 34.7 Å². The number of aliphatic carboxylic acids is 1.